The van der Waals surface area contributed by atoms with Gasteiger partial charge in [0.25, 0.3) is 0 Å². The number of hydrogen-bond donors (Lipinski definition) is 5. The van der Waals surface area contributed by atoms with Crippen LogP contribution in [0.25, 0.3) is 0 Å². The molecule has 0 aromatic carbocycles. The van der Waals surface area contributed by atoms with Crippen molar-refractivity contribution in [2.24, 2.45) is 21.6 Å². The molecule has 0 bridgehead atoms. The van der Waals surface area contributed by atoms with E-state index in [2.05, 4.69) is 10.1 Å². The Morgan fingerprint density at radius 1 is 1.45 bits per heavy atom. The summed E-state index contributed by atoms with van der Waals surface area (Å²) in [5, 5.41) is 11.8. The summed E-state index contributed by atoms with van der Waals surface area (Å²) < 4.78 is 25.2. The summed E-state index contributed by atoms with van der Waals surface area (Å²) in [6.07, 6.45) is 0. The molecule has 0 aromatic heterocycles. The monoisotopic (exact) mass is 186 g/mol. The van der Waals surface area contributed by atoms with Crippen molar-refractivity contribution in [1.82, 2.24) is 0 Å². The Bertz CT molecular complexity index is 196. The number of rotatable bonds is 1. The molecule has 68 valence electrons. The standard InChI is InChI=1S/C2H7N3O.H3NO3S/c3-2(4)5-1-6;1-5(2,3)4/h6H,1H2,(H4,3,4,5);(H3,1,2,3,4). The molecule has 8 nitrogen and oxygen atoms in total. The van der Waals surface area contributed by atoms with Crippen molar-refractivity contribution in [3.05, 3.63) is 0 Å². The molecule has 0 atom stereocenters. The minimum atomic E-state index is -4.17. The van der Waals surface area contributed by atoms with Gasteiger partial charge in [-0.15, -0.1) is 0 Å². The molecular formula is C2H10N4O4S. The van der Waals surface area contributed by atoms with Crippen LogP contribution in [0.4, 0.5) is 0 Å². The molecule has 0 unspecified atom stereocenters. The summed E-state index contributed by atoms with van der Waals surface area (Å²) >= 11 is 0. The van der Waals surface area contributed by atoms with Crippen LogP contribution >= 0.6 is 0 Å². The van der Waals surface area contributed by atoms with Crippen LogP contribution in [0.5, 0.6) is 0 Å². The van der Waals surface area contributed by atoms with Gasteiger partial charge in [-0.1, -0.05) is 0 Å². The van der Waals surface area contributed by atoms with Crippen LogP contribution < -0.4 is 16.6 Å². The maximum absolute atomic E-state index is 8.97. The second-order valence-electron chi connectivity index (χ2n) is 1.24. The van der Waals surface area contributed by atoms with E-state index in [-0.39, 0.29) is 12.7 Å². The van der Waals surface area contributed by atoms with E-state index in [0.717, 1.165) is 0 Å². The molecule has 0 saturated carbocycles. The van der Waals surface area contributed by atoms with E-state index in [4.69, 9.17) is 29.5 Å². The number of aliphatic hydroxyl groups is 1. The first kappa shape index (κ1) is 12.7. The van der Waals surface area contributed by atoms with Gasteiger partial charge in [0.1, 0.15) is 6.73 Å². The van der Waals surface area contributed by atoms with Crippen molar-refractivity contribution in [1.29, 1.82) is 0 Å². The highest BCUT2D eigenvalue weighted by Crippen LogP contribution is 1.53. The minimum Gasteiger partial charge on any atom is -0.374 e. The highest BCUT2D eigenvalue weighted by Gasteiger charge is 1.81. The summed E-state index contributed by atoms with van der Waals surface area (Å²) in [5.74, 6) is -0.0856. The first-order valence-electron chi connectivity index (χ1n) is 2.19. The zero-order valence-electron chi connectivity index (χ0n) is 5.51. The summed E-state index contributed by atoms with van der Waals surface area (Å²) in [4.78, 5) is 3.15. The number of nitrogens with two attached hydrogens (primary N) is 3. The van der Waals surface area contributed by atoms with E-state index in [1.807, 2.05) is 0 Å². The maximum Gasteiger partial charge on any atom is 0.330 e. The Labute approximate surface area is 63.6 Å². The molecule has 9 heteroatoms. The fourth-order valence-corrected chi connectivity index (χ4v) is 0.0816. The largest absolute Gasteiger partial charge is 0.374 e. The fourth-order valence-electron chi connectivity index (χ4n) is 0.0816. The van der Waals surface area contributed by atoms with Crippen molar-refractivity contribution < 1.29 is 18.1 Å². The van der Waals surface area contributed by atoms with E-state index in [9.17, 15) is 0 Å². The van der Waals surface area contributed by atoms with Crippen molar-refractivity contribution in [3.63, 3.8) is 0 Å². The minimum absolute atomic E-state index is 0.0856. The molecule has 0 rings (SSSR count). The average molecular weight is 186 g/mol. The van der Waals surface area contributed by atoms with E-state index in [1.54, 1.807) is 0 Å². The highest BCUT2D eigenvalue weighted by molar-refractivity contribution is 7.83. The molecule has 0 aromatic rings. The fraction of sp³-hybridized carbons (Fsp3) is 0.500. The molecule has 0 saturated heterocycles. The van der Waals surface area contributed by atoms with Crippen LogP contribution in [0.3, 0.4) is 0 Å². The van der Waals surface area contributed by atoms with Gasteiger partial charge in [-0.2, -0.15) is 8.42 Å². The topological polar surface area (TPSA) is 165 Å². The molecule has 0 radical (unpaired) electrons. The molecular weight excluding hydrogens is 176 g/mol. The molecule has 0 amide bonds. The average Bonchev–Trinajstić information content (AvgIpc) is 1.58. The van der Waals surface area contributed by atoms with E-state index < -0.39 is 10.3 Å². The number of aliphatic hydroxyl groups excluding tert-OH is 1. The summed E-state index contributed by atoms with van der Waals surface area (Å²) in [6, 6.07) is 0. The van der Waals surface area contributed by atoms with E-state index >= 15 is 0 Å². The molecule has 0 aliphatic rings. The number of guanidine groups is 1. The smallest absolute Gasteiger partial charge is 0.330 e. The Kier molecular flexibility index (Phi) is 6.78. The zero-order chi connectivity index (χ0) is 9.49. The van der Waals surface area contributed by atoms with Crippen LogP contribution in [0, 0.1) is 0 Å². The van der Waals surface area contributed by atoms with Crippen molar-refractivity contribution in [2.45, 2.75) is 0 Å². The number of nitrogens with zero attached hydrogens (tertiary/aromatic N) is 1. The Morgan fingerprint density at radius 3 is 1.73 bits per heavy atom. The van der Waals surface area contributed by atoms with Gasteiger partial charge in [-0.05, 0) is 0 Å². The van der Waals surface area contributed by atoms with Gasteiger partial charge in [0.15, 0.2) is 5.96 Å². The normalized spacial score (nSPS) is 9.36. The van der Waals surface area contributed by atoms with Gasteiger partial charge in [0.2, 0.25) is 0 Å². The van der Waals surface area contributed by atoms with Crippen molar-refractivity contribution in [3.8, 4) is 0 Å². The van der Waals surface area contributed by atoms with E-state index in [0.29, 0.717) is 0 Å². The van der Waals surface area contributed by atoms with Crippen molar-refractivity contribution >= 4 is 16.3 Å². The second kappa shape index (κ2) is 5.85. The van der Waals surface area contributed by atoms with Crippen molar-refractivity contribution in [2.75, 3.05) is 6.73 Å². The molecule has 0 fully saturated rings. The third-order valence-electron chi connectivity index (χ3n) is 0.253. The number of hydrogen-bond acceptors (Lipinski definition) is 4. The van der Waals surface area contributed by atoms with Crippen LogP contribution in [-0.2, 0) is 10.3 Å². The highest BCUT2D eigenvalue weighted by atomic mass is 32.2. The third kappa shape index (κ3) is 104. The third-order valence-corrected chi connectivity index (χ3v) is 0.253. The van der Waals surface area contributed by atoms with Gasteiger partial charge in [0.05, 0.1) is 0 Å². The predicted octanol–water partition coefficient (Wildman–Crippen LogP) is -3.04. The van der Waals surface area contributed by atoms with Gasteiger partial charge in [-0.3, -0.25) is 4.55 Å². The lowest BCUT2D eigenvalue weighted by molar-refractivity contribution is 0.309. The molecule has 0 heterocycles. The first-order valence-corrected chi connectivity index (χ1v) is 3.69. The summed E-state index contributed by atoms with van der Waals surface area (Å²) in [7, 11) is -4.17. The molecule has 0 aliphatic carbocycles. The van der Waals surface area contributed by atoms with Crippen LogP contribution in [0.1, 0.15) is 0 Å². The zero-order valence-corrected chi connectivity index (χ0v) is 6.32. The van der Waals surface area contributed by atoms with Crippen LogP contribution in [0.2, 0.25) is 0 Å². The molecule has 0 aliphatic heterocycles. The van der Waals surface area contributed by atoms with Gasteiger partial charge in [0, 0.05) is 0 Å². The molecule has 8 N–H and O–H groups in total. The van der Waals surface area contributed by atoms with Crippen LogP contribution in [-0.4, -0.2) is 30.8 Å². The van der Waals surface area contributed by atoms with Gasteiger partial charge >= 0.3 is 10.3 Å². The SMILES string of the molecule is NC(N)=NCO.NS(=O)(=O)O. The quantitative estimate of drug-likeness (QED) is 0.166. The van der Waals surface area contributed by atoms with E-state index in [1.165, 1.54) is 0 Å². The number of aliphatic imine (C=N–C) groups is 1. The maximum atomic E-state index is 8.97. The Balaban J connectivity index is 0. The first-order chi connectivity index (χ1) is 4.77. The van der Waals surface area contributed by atoms with Gasteiger partial charge < -0.3 is 16.6 Å². The predicted molar refractivity (Wildman–Crippen MR) is 38.6 cm³/mol. The Morgan fingerprint density at radius 2 is 1.73 bits per heavy atom. The molecule has 0 spiro atoms. The molecule has 11 heavy (non-hydrogen) atoms. The van der Waals surface area contributed by atoms with Crippen LogP contribution in [0.15, 0.2) is 4.99 Å². The second-order valence-corrected chi connectivity index (χ2v) is 2.27. The lowest BCUT2D eigenvalue weighted by Crippen LogP contribution is -2.22. The summed E-state index contributed by atoms with van der Waals surface area (Å²) in [6.45, 7) is -0.331. The van der Waals surface area contributed by atoms with Gasteiger partial charge in [-0.25, -0.2) is 10.1 Å². The lowest BCUT2D eigenvalue weighted by Gasteiger charge is -1.82. The summed E-state index contributed by atoms with van der Waals surface area (Å²) in [5.41, 5.74) is 9.54. The lowest BCUT2D eigenvalue weighted by atomic mass is 11.0. The Hall–Kier alpha value is -0.900.